The van der Waals surface area contributed by atoms with Gasteiger partial charge in [0.05, 0.1) is 32.0 Å². The van der Waals surface area contributed by atoms with Crippen LogP contribution in [-0.4, -0.2) is 78.1 Å². The fraction of sp³-hybridized carbons (Fsp3) is 0.526. The van der Waals surface area contributed by atoms with Gasteiger partial charge >= 0.3 is 5.97 Å². The molecule has 0 radical (unpaired) electrons. The lowest BCUT2D eigenvalue weighted by atomic mass is 10.2. The van der Waals surface area contributed by atoms with Gasteiger partial charge in [0.1, 0.15) is 12.4 Å². The number of methoxy groups -OCH3 is 1. The van der Waals surface area contributed by atoms with Gasteiger partial charge in [-0.05, 0) is 30.7 Å². The molecule has 1 amide bonds. The van der Waals surface area contributed by atoms with E-state index >= 15 is 0 Å². The Morgan fingerprint density at radius 2 is 2.00 bits per heavy atom. The van der Waals surface area contributed by atoms with Gasteiger partial charge in [-0.2, -0.15) is 0 Å². The summed E-state index contributed by atoms with van der Waals surface area (Å²) in [5.74, 6) is -0.234. The van der Waals surface area contributed by atoms with Crippen LogP contribution in [0.15, 0.2) is 29.3 Å². The number of esters is 1. The van der Waals surface area contributed by atoms with Crippen LogP contribution in [-0.2, 0) is 19.6 Å². The number of hydrogen-bond acceptors (Lipinski definition) is 10. The van der Waals surface area contributed by atoms with Crippen LogP contribution >= 0.6 is 0 Å². The molecule has 0 saturated carbocycles. The summed E-state index contributed by atoms with van der Waals surface area (Å²) < 4.78 is 36.2. The van der Waals surface area contributed by atoms with E-state index in [0.717, 1.165) is 25.5 Å². The highest BCUT2D eigenvalue weighted by Gasteiger charge is 2.18. The van der Waals surface area contributed by atoms with Crippen molar-refractivity contribution < 1.29 is 27.5 Å². The number of carbonyl (C=O) groups excluding carboxylic acids is 2. The van der Waals surface area contributed by atoms with Gasteiger partial charge in [-0.1, -0.05) is 0 Å². The third kappa shape index (κ3) is 9.49. The van der Waals surface area contributed by atoms with E-state index in [1.165, 1.54) is 7.11 Å². The van der Waals surface area contributed by atoms with Gasteiger partial charge in [0, 0.05) is 25.2 Å². The van der Waals surface area contributed by atoms with Gasteiger partial charge in [0.2, 0.25) is 10.0 Å². The fourth-order valence-electron chi connectivity index (χ4n) is 2.69. The second-order valence-corrected chi connectivity index (χ2v) is 8.74. The number of nitrogens with one attached hydrogen (secondary N) is 4. The topological polar surface area (TPSA) is 173 Å². The molecule has 6 N–H and O–H groups in total. The summed E-state index contributed by atoms with van der Waals surface area (Å²) in [6, 6.07) is 6.39. The Labute approximate surface area is 187 Å². The summed E-state index contributed by atoms with van der Waals surface area (Å²) in [6.07, 6.45) is -0.208. The molecule has 0 aliphatic carbocycles. The van der Waals surface area contributed by atoms with Crippen molar-refractivity contribution >= 4 is 27.9 Å². The Balaban J connectivity index is 1.71. The van der Waals surface area contributed by atoms with Crippen LogP contribution < -0.4 is 31.1 Å². The monoisotopic (exact) mass is 470 g/mol. The number of aliphatic imine (C=N–C) groups is 1. The first-order chi connectivity index (χ1) is 15.3. The predicted molar refractivity (Wildman–Crippen MR) is 119 cm³/mol. The molecule has 0 saturated heterocycles. The second-order valence-electron chi connectivity index (χ2n) is 6.89. The first-order valence-electron chi connectivity index (χ1n) is 10.1. The number of benzene rings is 1. The quantitative estimate of drug-likeness (QED) is 0.138. The zero-order valence-corrected chi connectivity index (χ0v) is 18.7. The van der Waals surface area contributed by atoms with Crippen molar-refractivity contribution in [2.24, 2.45) is 10.7 Å². The minimum absolute atomic E-state index is 0.104. The summed E-state index contributed by atoms with van der Waals surface area (Å²) in [7, 11) is -2.56. The number of carbonyl (C=O) groups is 2. The zero-order chi connectivity index (χ0) is 23.4. The van der Waals surface area contributed by atoms with E-state index in [1.807, 2.05) is 0 Å². The molecule has 1 atom stereocenters. The number of nitrogens with zero attached hydrogens (tertiary/aromatic N) is 1. The first kappa shape index (κ1) is 25.4. The van der Waals surface area contributed by atoms with Gasteiger partial charge in [0.15, 0.2) is 5.96 Å². The van der Waals surface area contributed by atoms with Crippen molar-refractivity contribution in [3.63, 3.8) is 0 Å². The number of guanidine groups is 1. The molecule has 32 heavy (non-hydrogen) atoms. The van der Waals surface area contributed by atoms with Crippen LogP contribution in [0.2, 0.25) is 0 Å². The molecule has 0 spiro atoms. The second kappa shape index (κ2) is 12.8. The lowest BCUT2D eigenvalue weighted by Gasteiger charge is -2.16. The lowest BCUT2D eigenvalue weighted by molar-refractivity contribution is -0.140. The van der Waals surface area contributed by atoms with Gasteiger partial charge in [-0.15, -0.1) is 0 Å². The minimum atomic E-state index is -3.78. The van der Waals surface area contributed by atoms with Crippen LogP contribution in [0.4, 0.5) is 0 Å². The summed E-state index contributed by atoms with van der Waals surface area (Å²) in [5, 5.41) is 8.72. The van der Waals surface area contributed by atoms with Crippen molar-refractivity contribution in [1.82, 2.24) is 20.7 Å². The zero-order valence-electron chi connectivity index (χ0n) is 17.9. The lowest BCUT2D eigenvalue weighted by Crippen LogP contribution is -2.48. The Kier molecular flexibility index (Phi) is 10.2. The summed E-state index contributed by atoms with van der Waals surface area (Å²) >= 11 is 0. The van der Waals surface area contributed by atoms with E-state index in [0.29, 0.717) is 24.5 Å². The van der Waals surface area contributed by atoms with Crippen LogP contribution in [0.5, 0.6) is 5.75 Å². The number of hydrogen-bond donors (Lipinski definition) is 5. The van der Waals surface area contributed by atoms with E-state index < -0.39 is 33.8 Å². The van der Waals surface area contributed by atoms with Crippen LogP contribution in [0.3, 0.4) is 0 Å². The maximum atomic E-state index is 12.3. The molecule has 1 aromatic rings. The Morgan fingerprint density at radius 3 is 2.66 bits per heavy atom. The molecule has 2 rings (SSSR count). The molecule has 178 valence electrons. The van der Waals surface area contributed by atoms with Gasteiger partial charge in [0.25, 0.3) is 5.91 Å². The first-order valence-corrected chi connectivity index (χ1v) is 11.8. The van der Waals surface area contributed by atoms with Crippen molar-refractivity contribution in [3.8, 4) is 5.75 Å². The average molecular weight is 471 g/mol. The molecule has 1 aromatic carbocycles. The van der Waals surface area contributed by atoms with Gasteiger partial charge in [-0.25, -0.2) is 13.1 Å². The maximum Gasteiger partial charge on any atom is 0.306 e. The Morgan fingerprint density at radius 1 is 1.25 bits per heavy atom. The molecule has 0 aromatic heterocycles. The van der Waals surface area contributed by atoms with Crippen molar-refractivity contribution in [3.05, 3.63) is 29.8 Å². The van der Waals surface area contributed by atoms with Crippen molar-refractivity contribution in [2.45, 2.75) is 19.0 Å². The Bertz CT molecular complexity index is 890. The molecular weight excluding hydrogens is 440 g/mol. The molecule has 1 aliphatic rings. The molecule has 1 aliphatic heterocycles. The molecule has 0 fully saturated rings. The largest absolute Gasteiger partial charge is 0.492 e. The van der Waals surface area contributed by atoms with E-state index in [4.69, 9.17) is 10.5 Å². The van der Waals surface area contributed by atoms with Crippen LogP contribution in [0.25, 0.3) is 0 Å². The molecule has 1 heterocycles. The molecule has 13 heteroatoms. The standard InChI is InChI=1S/C19H30N6O6S/c1-30-17(26)7-10-24-32(28,29)13-16(20)25-18(27)14-3-5-15(6-4-14)31-12-11-23-19-21-8-2-9-22-19/h3-6,16,24H,2,7-13,20H2,1H3,(H,25,27)(H2,21,22,23)/t16-/m0/s1. The molecule has 0 bridgehead atoms. The van der Waals surface area contributed by atoms with Gasteiger partial charge < -0.3 is 31.2 Å². The van der Waals surface area contributed by atoms with Crippen LogP contribution in [0, 0.1) is 0 Å². The maximum absolute atomic E-state index is 12.3. The third-order valence-corrected chi connectivity index (χ3v) is 5.71. The number of amides is 1. The number of rotatable bonds is 12. The van der Waals surface area contributed by atoms with E-state index in [1.54, 1.807) is 24.3 Å². The summed E-state index contributed by atoms with van der Waals surface area (Å²) in [4.78, 5) is 27.6. The van der Waals surface area contributed by atoms with E-state index in [-0.39, 0.29) is 13.0 Å². The third-order valence-electron chi connectivity index (χ3n) is 4.27. The van der Waals surface area contributed by atoms with E-state index in [2.05, 4.69) is 30.4 Å². The fourth-order valence-corrected chi connectivity index (χ4v) is 3.78. The highest BCUT2D eigenvalue weighted by molar-refractivity contribution is 7.89. The minimum Gasteiger partial charge on any atom is -0.492 e. The molecular formula is C19H30N6O6S. The SMILES string of the molecule is COC(=O)CCNS(=O)(=O)C[C@@H](N)NC(=O)c1ccc(OCCNC2=NCCCN2)cc1. The van der Waals surface area contributed by atoms with E-state index in [9.17, 15) is 18.0 Å². The van der Waals surface area contributed by atoms with Crippen molar-refractivity contribution in [1.29, 1.82) is 0 Å². The average Bonchev–Trinajstić information content (AvgIpc) is 2.77. The normalized spacial score (nSPS) is 14.5. The Hall–Kier alpha value is -2.90. The number of nitrogens with two attached hydrogens (primary N) is 1. The summed E-state index contributed by atoms with van der Waals surface area (Å²) in [6.45, 7) is 2.58. The highest BCUT2D eigenvalue weighted by Crippen LogP contribution is 2.12. The van der Waals surface area contributed by atoms with Crippen molar-refractivity contribution in [2.75, 3.05) is 45.6 Å². The number of ether oxygens (including phenoxy) is 2. The smallest absolute Gasteiger partial charge is 0.306 e. The summed E-state index contributed by atoms with van der Waals surface area (Å²) in [5.41, 5.74) is 6.05. The molecule has 12 nitrogen and oxygen atoms in total. The number of sulfonamides is 1. The molecule has 0 unspecified atom stereocenters. The van der Waals surface area contributed by atoms with Gasteiger partial charge in [-0.3, -0.25) is 14.6 Å². The van der Waals surface area contributed by atoms with Crippen LogP contribution in [0.1, 0.15) is 23.2 Å². The predicted octanol–water partition coefficient (Wildman–Crippen LogP) is -1.50. The highest BCUT2D eigenvalue weighted by atomic mass is 32.2.